The van der Waals surface area contributed by atoms with Crippen LogP contribution in [0.5, 0.6) is 0 Å². The van der Waals surface area contributed by atoms with Crippen LogP contribution in [0.25, 0.3) is 22.4 Å². The number of benzene rings is 2. The minimum atomic E-state index is 0. The van der Waals surface area contributed by atoms with E-state index in [9.17, 15) is 0 Å². The fourth-order valence-electron chi connectivity index (χ4n) is 1.91. The molecule has 0 saturated heterocycles. The van der Waals surface area contributed by atoms with Gasteiger partial charge in [-0.05, 0) is 16.8 Å². The van der Waals surface area contributed by atoms with Crippen molar-refractivity contribution in [2.75, 3.05) is 0 Å². The van der Waals surface area contributed by atoms with Crippen molar-refractivity contribution in [1.82, 2.24) is 4.98 Å². The molecular formula is C17H12IrN-. The minimum absolute atomic E-state index is 0. The number of hydrogen-bond donors (Lipinski definition) is 0. The van der Waals surface area contributed by atoms with E-state index in [-0.39, 0.29) is 20.1 Å². The van der Waals surface area contributed by atoms with Crippen LogP contribution < -0.4 is 0 Å². The summed E-state index contributed by atoms with van der Waals surface area (Å²) in [4.78, 5) is 4.49. The van der Waals surface area contributed by atoms with E-state index in [4.69, 9.17) is 0 Å². The Morgan fingerprint density at radius 1 is 0.737 bits per heavy atom. The van der Waals surface area contributed by atoms with Gasteiger partial charge in [0.1, 0.15) is 0 Å². The Labute approximate surface area is 126 Å². The van der Waals surface area contributed by atoms with Gasteiger partial charge < -0.3 is 4.98 Å². The van der Waals surface area contributed by atoms with Gasteiger partial charge in [-0.2, -0.15) is 0 Å². The first-order valence-electron chi connectivity index (χ1n) is 5.92. The van der Waals surface area contributed by atoms with Crippen molar-refractivity contribution in [3.05, 3.63) is 79.0 Å². The fourth-order valence-corrected chi connectivity index (χ4v) is 1.91. The quantitative estimate of drug-likeness (QED) is 0.564. The Bertz CT molecular complexity index is 560. The van der Waals surface area contributed by atoms with Crippen LogP contribution in [0.3, 0.4) is 0 Å². The maximum atomic E-state index is 4.49. The van der Waals surface area contributed by atoms with Crippen molar-refractivity contribution >= 4 is 0 Å². The summed E-state index contributed by atoms with van der Waals surface area (Å²) in [6.45, 7) is 0. The van der Waals surface area contributed by atoms with Gasteiger partial charge in [-0.3, -0.25) is 0 Å². The van der Waals surface area contributed by atoms with Crippen molar-refractivity contribution < 1.29 is 20.1 Å². The molecule has 2 aromatic carbocycles. The summed E-state index contributed by atoms with van der Waals surface area (Å²) in [7, 11) is 0. The van der Waals surface area contributed by atoms with Crippen LogP contribution in [-0.2, 0) is 20.1 Å². The summed E-state index contributed by atoms with van der Waals surface area (Å²) in [6, 6.07) is 25.5. The molecule has 0 N–H and O–H groups in total. The van der Waals surface area contributed by atoms with Crippen LogP contribution in [-0.4, -0.2) is 4.98 Å². The standard InChI is InChI=1S/C17H12N.Ir/c1-3-7-14(8-4-1)16-11-12-17(18-13-16)15-9-5-2-6-10-15;/h1-9,11-13H;/q-1;. The van der Waals surface area contributed by atoms with Crippen LogP contribution in [0.15, 0.2) is 72.9 Å². The second-order valence-corrected chi connectivity index (χ2v) is 4.07. The third kappa shape index (κ3) is 3.17. The predicted molar refractivity (Wildman–Crippen MR) is 73.9 cm³/mol. The number of pyridine rings is 1. The molecule has 0 unspecified atom stereocenters. The average Bonchev–Trinajstić information content (AvgIpc) is 2.49. The molecule has 0 saturated carbocycles. The van der Waals surface area contributed by atoms with E-state index in [1.165, 1.54) is 5.56 Å². The van der Waals surface area contributed by atoms with Crippen LogP contribution in [0.2, 0.25) is 0 Å². The van der Waals surface area contributed by atoms with E-state index in [1.54, 1.807) is 0 Å². The maximum Gasteiger partial charge on any atom is 0.0239 e. The Morgan fingerprint density at radius 2 is 1.53 bits per heavy atom. The Morgan fingerprint density at radius 3 is 2.16 bits per heavy atom. The molecule has 0 aliphatic carbocycles. The molecule has 1 aromatic heterocycles. The number of nitrogens with zero attached hydrogens (tertiary/aromatic N) is 1. The van der Waals surface area contributed by atoms with Gasteiger partial charge in [-0.15, -0.1) is 35.9 Å². The zero-order valence-corrected chi connectivity index (χ0v) is 12.6. The van der Waals surface area contributed by atoms with Crippen molar-refractivity contribution in [3.8, 4) is 22.4 Å². The van der Waals surface area contributed by atoms with E-state index in [2.05, 4.69) is 29.2 Å². The first kappa shape index (κ1) is 13.7. The molecule has 0 fully saturated rings. The van der Waals surface area contributed by atoms with Crippen molar-refractivity contribution in [2.45, 2.75) is 0 Å². The van der Waals surface area contributed by atoms with Gasteiger partial charge in [0.05, 0.1) is 0 Å². The van der Waals surface area contributed by atoms with Crippen molar-refractivity contribution in [1.29, 1.82) is 0 Å². The van der Waals surface area contributed by atoms with Gasteiger partial charge in [0.15, 0.2) is 0 Å². The molecule has 3 rings (SSSR count). The number of rotatable bonds is 2. The van der Waals surface area contributed by atoms with Gasteiger partial charge in [-0.1, -0.05) is 42.5 Å². The summed E-state index contributed by atoms with van der Waals surface area (Å²) in [5.74, 6) is 0. The molecule has 0 bridgehead atoms. The van der Waals surface area contributed by atoms with E-state index in [0.29, 0.717) is 0 Å². The molecule has 3 aromatic rings. The second kappa shape index (κ2) is 6.42. The third-order valence-corrected chi connectivity index (χ3v) is 2.86. The number of hydrogen-bond acceptors (Lipinski definition) is 1. The largest absolute Gasteiger partial charge is 0.304 e. The molecular weight excluding hydrogens is 410 g/mol. The molecule has 1 radical (unpaired) electrons. The van der Waals surface area contributed by atoms with Crippen molar-refractivity contribution in [2.24, 2.45) is 0 Å². The van der Waals surface area contributed by atoms with Gasteiger partial charge in [0.25, 0.3) is 0 Å². The molecule has 19 heavy (non-hydrogen) atoms. The molecule has 0 aliphatic heterocycles. The first-order valence-corrected chi connectivity index (χ1v) is 5.92. The third-order valence-electron chi connectivity index (χ3n) is 2.86. The summed E-state index contributed by atoms with van der Waals surface area (Å²) >= 11 is 0. The van der Waals surface area contributed by atoms with E-state index >= 15 is 0 Å². The average molecular weight is 423 g/mol. The van der Waals surface area contributed by atoms with E-state index in [0.717, 1.165) is 16.8 Å². The maximum absolute atomic E-state index is 4.49. The summed E-state index contributed by atoms with van der Waals surface area (Å²) in [6.07, 6.45) is 1.91. The molecule has 0 spiro atoms. The zero-order valence-electron chi connectivity index (χ0n) is 10.2. The summed E-state index contributed by atoms with van der Waals surface area (Å²) in [5, 5.41) is 0. The topological polar surface area (TPSA) is 12.9 Å². The smallest absolute Gasteiger partial charge is 0.0239 e. The Kier molecular flexibility index (Phi) is 4.62. The van der Waals surface area contributed by atoms with Crippen LogP contribution >= 0.6 is 0 Å². The van der Waals surface area contributed by atoms with Crippen LogP contribution in [0.4, 0.5) is 0 Å². The summed E-state index contributed by atoms with van der Waals surface area (Å²) < 4.78 is 0. The van der Waals surface area contributed by atoms with Crippen LogP contribution in [0.1, 0.15) is 0 Å². The Hall–Kier alpha value is -1.76. The molecule has 0 amide bonds. The van der Waals surface area contributed by atoms with Gasteiger partial charge in [0, 0.05) is 26.3 Å². The SMILES string of the molecule is [Ir].[c-]1ccccc1-c1ccc(-c2ccccc2)cn1. The zero-order chi connectivity index (χ0) is 12.2. The minimum Gasteiger partial charge on any atom is -0.304 e. The van der Waals surface area contributed by atoms with Gasteiger partial charge in [-0.25, -0.2) is 0 Å². The fraction of sp³-hybridized carbons (Fsp3) is 0. The van der Waals surface area contributed by atoms with Crippen LogP contribution in [0, 0.1) is 6.07 Å². The Balaban J connectivity index is 0.00000133. The normalized spacial score (nSPS) is 9.68. The molecule has 0 aliphatic rings. The van der Waals surface area contributed by atoms with Gasteiger partial charge in [0.2, 0.25) is 0 Å². The molecule has 0 atom stereocenters. The number of aromatic nitrogens is 1. The molecule has 1 heterocycles. The molecule has 2 heteroatoms. The molecule has 95 valence electrons. The van der Waals surface area contributed by atoms with E-state index in [1.807, 2.05) is 54.7 Å². The van der Waals surface area contributed by atoms with Crippen molar-refractivity contribution in [3.63, 3.8) is 0 Å². The first-order chi connectivity index (χ1) is 8.93. The predicted octanol–water partition coefficient (Wildman–Crippen LogP) is 4.21. The van der Waals surface area contributed by atoms with Gasteiger partial charge >= 0.3 is 0 Å². The van der Waals surface area contributed by atoms with E-state index < -0.39 is 0 Å². The second-order valence-electron chi connectivity index (χ2n) is 4.07. The monoisotopic (exact) mass is 423 g/mol. The molecule has 1 nitrogen and oxygen atoms in total. The summed E-state index contributed by atoms with van der Waals surface area (Å²) in [5.41, 5.74) is 4.30.